The van der Waals surface area contributed by atoms with Gasteiger partial charge in [-0.25, -0.2) is 4.79 Å². The Bertz CT molecular complexity index is 939. The zero-order valence-corrected chi connectivity index (χ0v) is 16.3. The van der Waals surface area contributed by atoms with Crippen LogP contribution < -0.4 is 15.4 Å². The van der Waals surface area contributed by atoms with Crippen LogP contribution in [0.5, 0.6) is 5.75 Å². The molecule has 3 rings (SSSR count). The van der Waals surface area contributed by atoms with Crippen molar-refractivity contribution in [1.82, 2.24) is 10.2 Å². The van der Waals surface area contributed by atoms with Crippen molar-refractivity contribution in [3.63, 3.8) is 0 Å². The van der Waals surface area contributed by atoms with Crippen LogP contribution in [-0.2, 0) is 15.1 Å². The molecule has 1 aliphatic heterocycles. The van der Waals surface area contributed by atoms with Gasteiger partial charge in [0.25, 0.3) is 5.91 Å². The number of nitrogens with zero attached hydrogens (tertiary/aromatic N) is 1. The lowest BCUT2D eigenvalue weighted by Crippen LogP contribution is -2.42. The summed E-state index contributed by atoms with van der Waals surface area (Å²) in [6.07, 6.45) is 0. The minimum Gasteiger partial charge on any atom is -0.497 e. The first-order chi connectivity index (χ1) is 13.2. The number of nitrogens with one attached hydrogen (secondary N) is 2. The van der Waals surface area contributed by atoms with Crippen molar-refractivity contribution in [2.24, 2.45) is 0 Å². The van der Waals surface area contributed by atoms with E-state index in [1.807, 2.05) is 26.0 Å². The molecule has 0 spiro atoms. The summed E-state index contributed by atoms with van der Waals surface area (Å²) in [4.78, 5) is 38.7. The Balaban J connectivity index is 1.74. The van der Waals surface area contributed by atoms with Gasteiger partial charge >= 0.3 is 6.03 Å². The molecule has 2 aromatic carbocycles. The maximum atomic E-state index is 12.9. The summed E-state index contributed by atoms with van der Waals surface area (Å²) >= 11 is 0. The molecule has 7 heteroatoms. The van der Waals surface area contributed by atoms with Gasteiger partial charge in [0.05, 0.1) is 7.11 Å². The first-order valence-corrected chi connectivity index (χ1v) is 8.90. The van der Waals surface area contributed by atoms with Crippen LogP contribution in [0.2, 0.25) is 0 Å². The van der Waals surface area contributed by atoms with Gasteiger partial charge in [0, 0.05) is 5.69 Å². The third-order valence-corrected chi connectivity index (χ3v) is 4.90. The van der Waals surface area contributed by atoms with Gasteiger partial charge < -0.3 is 15.4 Å². The van der Waals surface area contributed by atoms with Crippen LogP contribution >= 0.6 is 0 Å². The number of carbonyl (C=O) groups excluding carboxylic acids is 3. The highest BCUT2D eigenvalue weighted by Crippen LogP contribution is 2.30. The average Bonchev–Trinajstić information content (AvgIpc) is 2.88. The van der Waals surface area contributed by atoms with Gasteiger partial charge in [-0.15, -0.1) is 0 Å². The zero-order chi connectivity index (χ0) is 20.5. The second-order valence-electron chi connectivity index (χ2n) is 7.04. The van der Waals surface area contributed by atoms with Crippen LogP contribution in [0.15, 0.2) is 42.5 Å². The highest BCUT2D eigenvalue weighted by molar-refractivity contribution is 6.10. The monoisotopic (exact) mass is 381 g/mol. The molecule has 1 unspecified atom stereocenters. The normalized spacial score (nSPS) is 18.8. The van der Waals surface area contributed by atoms with Crippen LogP contribution in [0.25, 0.3) is 0 Å². The van der Waals surface area contributed by atoms with Crippen molar-refractivity contribution < 1.29 is 19.1 Å². The van der Waals surface area contributed by atoms with E-state index in [1.165, 1.54) is 0 Å². The van der Waals surface area contributed by atoms with Crippen LogP contribution in [0.3, 0.4) is 0 Å². The molecule has 0 bridgehead atoms. The Labute approximate surface area is 163 Å². The molecule has 28 heavy (non-hydrogen) atoms. The van der Waals surface area contributed by atoms with Crippen molar-refractivity contribution in [1.29, 1.82) is 0 Å². The number of urea groups is 1. The fraction of sp³-hybridized carbons (Fsp3) is 0.286. The van der Waals surface area contributed by atoms with Gasteiger partial charge in [0.1, 0.15) is 17.8 Å². The second-order valence-corrected chi connectivity index (χ2v) is 7.04. The number of anilines is 1. The molecule has 2 aromatic rings. The van der Waals surface area contributed by atoms with E-state index in [0.29, 0.717) is 17.0 Å². The summed E-state index contributed by atoms with van der Waals surface area (Å²) in [5.41, 5.74) is 2.03. The van der Waals surface area contributed by atoms with E-state index >= 15 is 0 Å². The maximum Gasteiger partial charge on any atom is 0.325 e. The molecule has 0 aromatic heterocycles. The minimum absolute atomic E-state index is 0.357. The Morgan fingerprint density at radius 1 is 1.14 bits per heavy atom. The van der Waals surface area contributed by atoms with Crippen LogP contribution in [0.4, 0.5) is 10.5 Å². The molecule has 0 radical (unpaired) electrons. The molecule has 1 aliphatic rings. The number of carbonyl (C=O) groups is 3. The summed E-state index contributed by atoms with van der Waals surface area (Å²) in [5, 5.41) is 5.45. The van der Waals surface area contributed by atoms with Crippen molar-refractivity contribution in [2.45, 2.75) is 26.3 Å². The molecule has 0 aliphatic carbocycles. The van der Waals surface area contributed by atoms with Gasteiger partial charge in [-0.05, 0) is 50.1 Å². The van der Waals surface area contributed by atoms with E-state index in [0.717, 1.165) is 16.0 Å². The Hall–Kier alpha value is -3.35. The number of rotatable bonds is 5. The second kappa shape index (κ2) is 7.34. The van der Waals surface area contributed by atoms with Crippen molar-refractivity contribution >= 4 is 23.5 Å². The lowest BCUT2D eigenvalue weighted by Gasteiger charge is -2.22. The SMILES string of the molecule is COc1ccc(C2(C)NC(=O)N(CC(=O)Nc3ccc(C)cc3C)C2=O)cc1. The minimum atomic E-state index is -1.23. The molecule has 1 atom stereocenters. The lowest BCUT2D eigenvalue weighted by atomic mass is 9.92. The van der Waals surface area contributed by atoms with E-state index in [4.69, 9.17) is 4.74 Å². The Morgan fingerprint density at radius 2 is 1.82 bits per heavy atom. The molecule has 1 fully saturated rings. The molecule has 4 amide bonds. The maximum absolute atomic E-state index is 12.9. The highest BCUT2D eigenvalue weighted by atomic mass is 16.5. The van der Waals surface area contributed by atoms with E-state index in [9.17, 15) is 14.4 Å². The smallest absolute Gasteiger partial charge is 0.325 e. The van der Waals surface area contributed by atoms with Gasteiger partial charge in [-0.3, -0.25) is 14.5 Å². The van der Waals surface area contributed by atoms with Crippen LogP contribution in [0.1, 0.15) is 23.6 Å². The molecular formula is C21H23N3O4. The number of methoxy groups -OCH3 is 1. The summed E-state index contributed by atoms with van der Waals surface area (Å²) in [5.74, 6) is -0.262. The summed E-state index contributed by atoms with van der Waals surface area (Å²) in [6, 6.07) is 11.9. The van der Waals surface area contributed by atoms with Crippen molar-refractivity contribution in [3.05, 3.63) is 59.2 Å². The number of aryl methyl sites for hydroxylation is 2. The fourth-order valence-corrected chi connectivity index (χ4v) is 3.25. The van der Waals surface area contributed by atoms with Crippen molar-refractivity contribution in [2.75, 3.05) is 19.0 Å². The third kappa shape index (κ3) is 3.55. The van der Waals surface area contributed by atoms with E-state index in [1.54, 1.807) is 44.4 Å². The molecule has 146 valence electrons. The Morgan fingerprint density at radius 3 is 2.43 bits per heavy atom. The molecule has 0 saturated carbocycles. The van der Waals surface area contributed by atoms with Crippen LogP contribution in [0, 0.1) is 13.8 Å². The highest BCUT2D eigenvalue weighted by Gasteiger charge is 2.49. The zero-order valence-electron chi connectivity index (χ0n) is 16.3. The number of amides is 4. The number of hydrogen-bond acceptors (Lipinski definition) is 4. The van der Waals surface area contributed by atoms with E-state index in [-0.39, 0.29) is 6.54 Å². The van der Waals surface area contributed by atoms with Gasteiger partial charge in [0.2, 0.25) is 5.91 Å². The lowest BCUT2D eigenvalue weighted by molar-refractivity contribution is -0.133. The standard InChI is InChI=1S/C21H23N3O4/c1-13-5-10-17(14(2)11-13)22-18(25)12-24-19(26)21(3,23-20(24)27)15-6-8-16(28-4)9-7-15/h5-11H,12H2,1-4H3,(H,22,25)(H,23,27). The van der Waals surface area contributed by atoms with E-state index in [2.05, 4.69) is 10.6 Å². The fourth-order valence-electron chi connectivity index (χ4n) is 3.25. The number of ether oxygens (including phenoxy) is 1. The van der Waals surface area contributed by atoms with Gasteiger partial charge in [-0.2, -0.15) is 0 Å². The van der Waals surface area contributed by atoms with Crippen molar-refractivity contribution in [3.8, 4) is 5.75 Å². The quantitative estimate of drug-likeness (QED) is 0.780. The third-order valence-electron chi connectivity index (χ3n) is 4.90. The van der Waals surface area contributed by atoms with Gasteiger partial charge in [-0.1, -0.05) is 29.8 Å². The number of hydrogen-bond donors (Lipinski definition) is 2. The summed E-state index contributed by atoms with van der Waals surface area (Å²) in [6.45, 7) is 5.11. The molecule has 7 nitrogen and oxygen atoms in total. The number of benzene rings is 2. The number of imide groups is 1. The largest absolute Gasteiger partial charge is 0.497 e. The topological polar surface area (TPSA) is 87.7 Å². The van der Waals surface area contributed by atoms with Gasteiger partial charge in [0.15, 0.2) is 0 Å². The molecule has 1 saturated heterocycles. The first kappa shape index (κ1) is 19.4. The summed E-state index contributed by atoms with van der Waals surface area (Å²) in [7, 11) is 1.55. The molecule has 1 heterocycles. The average molecular weight is 381 g/mol. The first-order valence-electron chi connectivity index (χ1n) is 8.90. The molecule has 2 N–H and O–H groups in total. The van der Waals surface area contributed by atoms with E-state index < -0.39 is 23.4 Å². The predicted octanol–water partition coefficient (Wildman–Crippen LogP) is 2.72. The Kier molecular flexibility index (Phi) is 5.09. The summed E-state index contributed by atoms with van der Waals surface area (Å²) < 4.78 is 5.12. The molecular weight excluding hydrogens is 358 g/mol. The van der Waals surface area contributed by atoms with Crippen LogP contribution in [-0.4, -0.2) is 36.4 Å². The predicted molar refractivity (Wildman–Crippen MR) is 105 cm³/mol.